The summed E-state index contributed by atoms with van der Waals surface area (Å²) in [5.74, 6) is 3.64. The highest BCUT2D eigenvalue weighted by Gasteiger charge is 2.05. The van der Waals surface area contributed by atoms with Gasteiger partial charge in [-0.1, -0.05) is 42.2 Å². The predicted molar refractivity (Wildman–Crippen MR) is 95.9 cm³/mol. The number of ether oxygens (including phenoxy) is 1. The lowest BCUT2D eigenvalue weighted by atomic mass is 10.1. The van der Waals surface area contributed by atoms with Crippen LogP contribution < -0.4 is 10.1 Å². The lowest BCUT2D eigenvalue weighted by Gasteiger charge is -2.04. The van der Waals surface area contributed by atoms with Gasteiger partial charge in [-0.05, 0) is 35.0 Å². The number of benzene rings is 3. The van der Waals surface area contributed by atoms with Crippen molar-refractivity contribution >= 4 is 16.7 Å². The van der Waals surface area contributed by atoms with Crippen molar-refractivity contribution in [2.24, 2.45) is 0 Å². The molecule has 0 aliphatic rings. The van der Waals surface area contributed by atoms with Crippen molar-refractivity contribution in [3.63, 3.8) is 0 Å². The highest BCUT2D eigenvalue weighted by Crippen LogP contribution is 2.17. The van der Waals surface area contributed by atoms with Gasteiger partial charge in [0.1, 0.15) is 12.4 Å². The molecule has 5 heteroatoms. The summed E-state index contributed by atoms with van der Waals surface area (Å²) < 4.78 is 31.2. The first-order valence-electron chi connectivity index (χ1n) is 7.94. The van der Waals surface area contributed by atoms with E-state index in [1.165, 1.54) is 6.07 Å². The van der Waals surface area contributed by atoms with Gasteiger partial charge in [0, 0.05) is 11.6 Å². The first kappa shape index (κ1) is 17.4. The standard InChI is InChI=1S/C21H15F2NO2/c22-18-9-10-20(19(23)14-18)26-12-4-3-11-24-21(25)17-8-7-15-5-1-2-6-16(15)13-17/h1-2,5-10,13-14H,11-12H2,(H,24,25). The van der Waals surface area contributed by atoms with Gasteiger partial charge in [0.05, 0.1) is 6.54 Å². The highest BCUT2D eigenvalue weighted by molar-refractivity contribution is 5.98. The maximum absolute atomic E-state index is 13.4. The zero-order valence-corrected chi connectivity index (χ0v) is 13.8. The Bertz CT molecular complexity index is 1010. The van der Waals surface area contributed by atoms with Crippen molar-refractivity contribution in [1.29, 1.82) is 0 Å². The van der Waals surface area contributed by atoms with Crippen LogP contribution in [0.2, 0.25) is 0 Å². The number of rotatable bonds is 4. The molecule has 0 aromatic heterocycles. The summed E-state index contributed by atoms with van der Waals surface area (Å²) in [5.41, 5.74) is 0.551. The molecular formula is C21H15F2NO2. The molecule has 0 spiro atoms. The van der Waals surface area contributed by atoms with Crippen LogP contribution in [0.25, 0.3) is 10.8 Å². The van der Waals surface area contributed by atoms with E-state index in [0.717, 1.165) is 22.9 Å². The van der Waals surface area contributed by atoms with Crippen LogP contribution in [0.4, 0.5) is 8.78 Å². The maximum Gasteiger partial charge on any atom is 0.252 e. The Balaban J connectivity index is 1.49. The Morgan fingerprint density at radius 2 is 1.77 bits per heavy atom. The van der Waals surface area contributed by atoms with Gasteiger partial charge in [0.15, 0.2) is 11.6 Å². The second-order valence-corrected chi connectivity index (χ2v) is 5.46. The van der Waals surface area contributed by atoms with Crippen molar-refractivity contribution in [3.05, 3.63) is 77.9 Å². The van der Waals surface area contributed by atoms with E-state index in [9.17, 15) is 13.6 Å². The fourth-order valence-corrected chi connectivity index (χ4v) is 2.38. The molecule has 130 valence electrons. The van der Waals surface area contributed by atoms with Gasteiger partial charge in [-0.3, -0.25) is 4.79 Å². The Hall–Kier alpha value is -3.39. The number of carbonyl (C=O) groups is 1. The molecule has 0 unspecified atom stereocenters. The van der Waals surface area contributed by atoms with Gasteiger partial charge in [0.25, 0.3) is 5.91 Å². The van der Waals surface area contributed by atoms with E-state index >= 15 is 0 Å². The van der Waals surface area contributed by atoms with Crippen molar-refractivity contribution < 1.29 is 18.3 Å². The lowest BCUT2D eigenvalue weighted by molar-refractivity contribution is 0.0959. The molecule has 0 atom stereocenters. The van der Waals surface area contributed by atoms with E-state index in [1.54, 1.807) is 6.07 Å². The summed E-state index contributed by atoms with van der Waals surface area (Å²) in [5, 5.41) is 4.74. The summed E-state index contributed by atoms with van der Waals surface area (Å²) in [6.07, 6.45) is 0. The minimum absolute atomic E-state index is 0.0611. The van der Waals surface area contributed by atoms with Crippen LogP contribution in [0.3, 0.4) is 0 Å². The van der Waals surface area contributed by atoms with E-state index in [0.29, 0.717) is 5.56 Å². The molecular weight excluding hydrogens is 336 g/mol. The number of hydrogen-bond donors (Lipinski definition) is 1. The topological polar surface area (TPSA) is 38.3 Å². The first-order valence-corrected chi connectivity index (χ1v) is 7.94. The zero-order chi connectivity index (χ0) is 18.4. The molecule has 3 rings (SSSR count). The van der Waals surface area contributed by atoms with Gasteiger partial charge in [-0.15, -0.1) is 0 Å². The third kappa shape index (κ3) is 4.37. The fraction of sp³-hybridized carbons (Fsp3) is 0.0952. The molecule has 3 aromatic rings. The van der Waals surface area contributed by atoms with Crippen LogP contribution in [0.15, 0.2) is 60.7 Å². The Morgan fingerprint density at radius 1 is 0.962 bits per heavy atom. The van der Waals surface area contributed by atoms with Gasteiger partial charge in [0.2, 0.25) is 0 Å². The number of nitrogens with one attached hydrogen (secondary N) is 1. The van der Waals surface area contributed by atoms with Gasteiger partial charge in [-0.2, -0.15) is 0 Å². The summed E-state index contributed by atoms with van der Waals surface area (Å²) in [4.78, 5) is 12.1. The number of amides is 1. The summed E-state index contributed by atoms with van der Waals surface area (Å²) in [6, 6.07) is 16.3. The van der Waals surface area contributed by atoms with Crippen molar-refractivity contribution in [2.45, 2.75) is 0 Å². The average molecular weight is 351 g/mol. The molecule has 0 aliphatic carbocycles. The largest absolute Gasteiger partial charge is 0.478 e. The normalized spacial score (nSPS) is 10.1. The van der Waals surface area contributed by atoms with E-state index < -0.39 is 11.6 Å². The first-order chi connectivity index (χ1) is 12.6. The second kappa shape index (κ2) is 8.13. The van der Waals surface area contributed by atoms with E-state index in [-0.39, 0.29) is 24.8 Å². The number of halogens is 2. The summed E-state index contributed by atoms with van der Waals surface area (Å²) >= 11 is 0. The van der Waals surface area contributed by atoms with Crippen LogP contribution in [-0.4, -0.2) is 19.1 Å². The number of hydrogen-bond acceptors (Lipinski definition) is 2. The van der Waals surface area contributed by atoms with Crippen LogP contribution in [0.1, 0.15) is 10.4 Å². The van der Waals surface area contributed by atoms with E-state index in [2.05, 4.69) is 17.2 Å². The molecule has 26 heavy (non-hydrogen) atoms. The van der Waals surface area contributed by atoms with Crippen molar-refractivity contribution in [2.75, 3.05) is 13.2 Å². The molecule has 3 aromatic carbocycles. The molecule has 0 bridgehead atoms. The SMILES string of the molecule is O=C(NCC#CCOc1ccc(F)cc1F)c1ccc2ccccc2c1. The van der Waals surface area contributed by atoms with Crippen LogP contribution in [-0.2, 0) is 0 Å². The fourth-order valence-electron chi connectivity index (χ4n) is 2.38. The highest BCUT2D eigenvalue weighted by atomic mass is 19.1. The zero-order valence-electron chi connectivity index (χ0n) is 13.8. The molecule has 0 saturated carbocycles. The molecule has 1 amide bonds. The Labute approximate surface area is 149 Å². The van der Waals surface area contributed by atoms with E-state index in [1.807, 2.05) is 36.4 Å². The molecule has 0 heterocycles. The van der Waals surface area contributed by atoms with Crippen molar-refractivity contribution in [1.82, 2.24) is 5.32 Å². The molecule has 3 nitrogen and oxygen atoms in total. The molecule has 0 radical (unpaired) electrons. The molecule has 0 saturated heterocycles. The minimum Gasteiger partial charge on any atom is -0.478 e. The maximum atomic E-state index is 13.4. The summed E-state index contributed by atoms with van der Waals surface area (Å²) in [7, 11) is 0. The van der Waals surface area contributed by atoms with E-state index in [4.69, 9.17) is 4.74 Å². The van der Waals surface area contributed by atoms with Crippen LogP contribution >= 0.6 is 0 Å². The monoisotopic (exact) mass is 351 g/mol. The van der Waals surface area contributed by atoms with Gasteiger partial charge >= 0.3 is 0 Å². The van der Waals surface area contributed by atoms with Crippen LogP contribution in [0, 0.1) is 23.5 Å². The quantitative estimate of drug-likeness (QED) is 0.724. The Morgan fingerprint density at radius 3 is 2.58 bits per heavy atom. The molecule has 0 fully saturated rings. The Kier molecular flexibility index (Phi) is 5.45. The molecule has 1 N–H and O–H groups in total. The predicted octanol–water partition coefficient (Wildman–Crippen LogP) is 3.93. The second-order valence-electron chi connectivity index (χ2n) is 5.46. The summed E-state index contributed by atoms with van der Waals surface area (Å²) in [6.45, 7) is 0.0787. The minimum atomic E-state index is -0.781. The smallest absolute Gasteiger partial charge is 0.252 e. The van der Waals surface area contributed by atoms with Crippen LogP contribution in [0.5, 0.6) is 5.75 Å². The van der Waals surface area contributed by atoms with Crippen molar-refractivity contribution in [3.8, 4) is 17.6 Å². The van der Waals surface area contributed by atoms with Gasteiger partial charge < -0.3 is 10.1 Å². The lowest BCUT2D eigenvalue weighted by Crippen LogP contribution is -2.23. The number of carbonyl (C=O) groups excluding carboxylic acids is 1. The third-order valence-electron chi connectivity index (χ3n) is 3.67. The van der Waals surface area contributed by atoms with Gasteiger partial charge in [-0.25, -0.2) is 8.78 Å². The number of fused-ring (bicyclic) bond motifs is 1. The molecule has 0 aliphatic heterocycles. The average Bonchev–Trinajstić information content (AvgIpc) is 2.65. The third-order valence-corrected chi connectivity index (χ3v) is 3.67.